The van der Waals surface area contributed by atoms with Gasteiger partial charge in [-0.15, -0.1) is 0 Å². The van der Waals surface area contributed by atoms with E-state index in [1.165, 1.54) is 0 Å². The van der Waals surface area contributed by atoms with Crippen LogP contribution in [0.5, 0.6) is 0 Å². The number of hydrogen-bond donors (Lipinski definition) is 1. The SMILES string of the molecule is Cn1cnc(-c2ccc(C(=O)N(CCO)Cc3ccccc3)cc2)n1. The van der Waals surface area contributed by atoms with Gasteiger partial charge in [-0.05, 0) is 17.7 Å². The first-order valence-corrected chi connectivity index (χ1v) is 8.07. The van der Waals surface area contributed by atoms with E-state index in [0.29, 0.717) is 17.9 Å². The second-order valence-electron chi connectivity index (χ2n) is 5.76. The molecule has 6 nitrogen and oxygen atoms in total. The van der Waals surface area contributed by atoms with E-state index in [1.54, 1.807) is 28.0 Å². The fourth-order valence-electron chi connectivity index (χ4n) is 2.59. The van der Waals surface area contributed by atoms with Crippen LogP contribution < -0.4 is 0 Å². The Morgan fingerprint density at radius 2 is 1.84 bits per heavy atom. The molecule has 0 aliphatic rings. The zero-order valence-electron chi connectivity index (χ0n) is 14.0. The summed E-state index contributed by atoms with van der Waals surface area (Å²) in [6.45, 7) is 0.676. The quantitative estimate of drug-likeness (QED) is 0.748. The highest BCUT2D eigenvalue weighted by Gasteiger charge is 2.16. The van der Waals surface area contributed by atoms with E-state index in [0.717, 1.165) is 11.1 Å². The Hall–Kier alpha value is -2.99. The second kappa shape index (κ2) is 7.72. The summed E-state index contributed by atoms with van der Waals surface area (Å²) in [5.74, 6) is 0.511. The summed E-state index contributed by atoms with van der Waals surface area (Å²) >= 11 is 0. The fourth-order valence-corrected chi connectivity index (χ4v) is 2.59. The molecule has 0 bridgehead atoms. The third kappa shape index (κ3) is 4.10. The standard InChI is InChI=1S/C19H20N4O2/c1-22-14-20-18(21-22)16-7-9-17(10-8-16)19(25)23(11-12-24)13-15-5-3-2-4-6-15/h2-10,14,24H,11-13H2,1H3. The fraction of sp³-hybridized carbons (Fsp3) is 0.211. The number of aryl methyl sites for hydroxylation is 1. The zero-order valence-corrected chi connectivity index (χ0v) is 14.0. The lowest BCUT2D eigenvalue weighted by molar-refractivity contribution is 0.0708. The lowest BCUT2D eigenvalue weighted by Crippen LogP contribution is -2.33. The summed E-state index contributed by atoms with van der Waals surface area (Å²) in [6.07, 6.45) is 1.64. The highest BCUT2D eigenvalue weighted by Crippen LogP contribution is 2.17. The van der Waals surface area contributed by atoms with Crippen molar-refractivity contribution in [3.05, 3.63) is 72.1 Å². The van der Waals surface area contributed by atoms with E-state index in [4.69, 9.17) is 0 Å². The van der Waals surface area contributed by atoms with Crippen LogP contribution in [0, 0.1) is 0 Å². The van der Waals surface area contributed by atoms with Crippen LogP contribution in [-0.2, 0) is 13.6 Å². The van der Waals surface area contributed by atoms with Gasteiger partial charge in [0.15, 0.2) is 5.82 Å². The van der Waals surface area contributed by atoms with Gasteiger partial charge in [0.05, 0.1) is 6.61 Å². The maximum absolute atomic E-state index is 12.8. The van der Waals surface area contributed by atoms with Crippen LogP contribution in [0.4, 0.5) is 0 Å². The van der Waals surface area contributed by atoms with Gasteiger partial charge in [0.1, 0.15) is 6.33 Å². The molecule has 3 rings (SSSR count). The zero-order chi connectivity index (χ0) is 17.6. The molecular weight excluding hydrogens is 316 g/mol. The number of hydrogen-bond acceptors (Lipinski definition) is 4. The number of aliphatic hydroxyl groups is 1. The Morgan fingerprint density at radius 1 is 1.12 bits per heavy atom. The van der Waals surface area contributed by atoms with Crippen LogP contribution in [0.2, 0.25) is 0 Å². The number of nitrogens with zero attached hydrogens (tertiary/aromatic N) is 4. The van der Waals surface area contributed by atoms with Crippen molar-refractivity contribution in [1.82, 2.24) is 19.7 Å². The molecule has 25 heavy (non-hydrogen) atoms. The summed E-state index contributed by atoms with van der Waals surface area (Å²) in [6, 6.07) is 16.9. The normalized spacial score (nSPS) is 10.6. The molecule has 0 aliphatic heterocycles. The molecule has 0 saturated heterocycles. The van der Waals surface area contributed by atoms with Crippen molar-refractivity contribution in [2.45, 2.75) is 6.54 Å². The predicted molar refractivity (Wildman–Crippen MR) is 94.7 cm³/mol. The summed E-state index contributed by atoms with van der Waals surface area (Å²) in [5, 5.41) is 13.5. The summed E-state index contributed by atoms with van der Waals surface area (Å²) < 4.78 is 1.64. The minimum Gasteiger partial charge on any atom is -0.395 e. The maximum atomic E-state index is 12.8. The van der Waals surface area contributed by atoms with E-state index in [9.17, 15) is 9.90 Å². The van der Waals surface area contributed by atoms with Crippen molar-refractivity contribution >= 4 is 5.91 Å². The van der Waals surface area contributed by atoms with Gasteiger partial charge in [-0.25, -0.2) is 4.98 Å². The van der Waals surface area contributed by atoms with Crippen LogP contribution in [0.3, 0.4) is 0 Å². The molecular formula is C19H20N4O2. The van der Waals surface area contributed by atoms with Crippen LogP contribution in [0.15, 0.2) is 60.9 Å². The third-order valence-corrected chi connectivity index (χ3v) is 3.86. The van der Waals surface area contributed by atoms with Crippen molar-refractivity contribution in [2.24, 2.45) is 7.05 Å². The second-order valence-corrected chi connectivity index (χ2v) is 5.76. The molecule has 1 amide bonds. The minimum absolute atomic E-state index is 0.0749. The molecule has 1 heterocycles. The lowest BCUT2D eigenvalue weighted by Gasteiger charge is -2.22. The number of aliphatic hydroxyl groups excluding tert-OH is 1. The van der Waals surface area contributed by atoms with E-state index >= 15 is 0 Å². The van der Waals surface area contributed by atoms with Crippen LogP contribution in [0.1, 0.15) is 15.9 Å². The smallest absolute Gasteiger partial charge is 0.254 e. The Bertz CT molecular complexity index is 828. The average molecular weight is 336 g/mol. The number of aromatic nitrogens is 3. The van der Waals surface area contributed by atoms with Gasteiger partial charge in [-0.1, -0.05) is 42.5 Å². The Kier molecular flexibility index (Phi) is 5.20. The molecule has 0 spiro atoms. The first-order valence-electron chi connectivity index (χ1n) is 8.07. The van der Waals surface area contributed by atoms with Crippen molar-refractivity contribution in [3.63, 3.8) is 0 Å². The Balaban J connectivity index is 1.77. The van der Waals surface area contributed by atoms with Crippen molar-refractivity contribution in [3.8, 4) is 11.4 Å². The third-order valence-electron chi connectivity index (χ3n) is 3.86. The Labute approximate surface area is 146 Å². The van der Waals surface area contributed by atoms with Crippen molar-refractivity contribution in [1.29, 1.82) is 0 Å². The summed E-state index contributed by atoms with van der Waals surface area (Å²) in [5.41, 5.74) is 2.46. The minimum atomic E-state index is -0.113. The molecule has 0 fully saturated rings. The van der Waals surface area contributed by atoms with Crippen LogP contribution >= 0.6 is 0 Å². The van der Waals surface area contributed by atoms with Crippen LogP contribution in [-0.4, -0.2) is 43.8 Å². The monoisotopic (exact) mass is 336 g/mol. The molecule has 3 aromatic rings. The van der Waals surface area contributed by atoms with Gasteiger partial charge >= 0.3 is 0 Å². The van der Waals surface area contributed by atoms with E-state index in [-0.39, 0.29) is 19.1 Å². The maximum Gasteiger partial charge on any atom is 0.254 e. The molecule has 1 N–H and O–H groups in total. The average Bonchev–Trinajstić information content (AvgIpc) is 3.08. The van der Waals surface area contributed by atoms with Gasteiger partial charge in [0, 0.05) is 31.3 Å². The van der Waals surface area contributed by atoms with Crippen LogP contribution in [0.25, 0.3) is 11.4 Å². The molecule has 0 atom stereocenters. The molecule has 128 valence electrons. The number of carbonyl (C=O) groups is 1. The number of carbonyl (C=O) groups excluding carboxylic acids is 1. The number of rotatable bonds is 6. The molecule has 0 radical (unpaired) electrons. The predicted octanol–water partition coefficient (Wildman–Crippen LogP) is 2.12. The number of amides is 1. The van der Waals surface area contributed by atoms with Crippen molar-refractivity contribution in [2.75, 3.05) is 13.2 Å². The largest absolute Gasteiger partial charge is 0.395 e. The van der Waals surface area contributed by atoms with Gasteiger partial charge in [-0.3, -0.25) is 9.48 Å². The van der Waals surface area contributed by atoms with E-state index in [1.807, 2.05) is 49.5 Å². The Morgan fingerprint density at radius 3 is 2.44 bits per heavy atom. The molecule has 2 aromatic carbocycles. The first kappa shape index (κ1) is 16.9. The summed E-state index contributed by atoms with van der Waals surface area (Å²) in [4.78, 5) is 18.6. The van der Waals surface area contributed by atoms with Gasteiger partial charge in [0.2, 0.25) is 0 Å². The van der Waals surface area contributed by atoms with E-state index in [2.05, 4.69) is 10.1 Å². The first-order chi connectivity index (χ1) is 12.2. The number of benzene rings is 2. The molecule has 0 saturated carbocycles. The van der Waals surface area contributed by atoms with Crippen molar-refractivity contribution < 1.29 is 9.90 Å². The summed E-state index contributed by atoms with van der Waals surface area (Å²) in [7, 11) is 1.81. The molecule has 1 aromatic heterocycles. The molecule has 0 unspecified atom stereocenters. The highest BCUT2D eigenvalue weighted by molar-refractivity contribution is 5.94. The van der Waals surface area contributed by atoms with Gasteiger partial charge in [0.25, 0.3) is 5.91 Å². The topological polar surface area (TPSA) is 71.2 Å². The highest BCUT2D eigenvalue weighted by atomic mass is 16.3. The lowest BCUT2D eigenvalue weighted by atomic mass is 10.1. The molecule has 0 aliphatic carbocycles. The molecule has 6 heteroatoms. The van der Waals surface area contributed by atoms with E-state index < -0.39 is 0 Å². The van der Waals surface area contributed by atoms with Gasteiger partial charge < -0.3 is 10.0 Å². The van der Waals surface area contributed by atoms with Gasteiger partial charge in [-0.2, -0.15) is 5.10 Å².